The molecule has 0 saturated carbocycles. The summed E-state index contributed by atoms with van der Waals surface area (Å²) in [5, 5.41) is 20.8. The Morgan fingerprint density at radius 2 is 2.13 bits per heavy atom. The molecule has 1 fully saturated rings. The Bertz CT molecular complexity index is 339. The summed E-state index contributed by atoms with van der Waals surface area (Å²) >= 11 is 0. The van der Waals surface area contributed by atoms with Crippen LogP contribution in [0.25, 0.3) is 0 Å². The highest BCUT2D eigenvalue weighted by molar-refractivity contribution is 7.91. The maximum Gasteiger partial charge on any atom is 0.320 e. The van der Waals surface area contributed by atoms with Crippen molar-refractivity contribution in [2.24, 2.45) is 0 Å². The first-order chi connectivity index (χ1) is 6.85. The molecule has 15 heavy (non-hydrogen) atoms. The molecule has 0 radical (unpaired) electrons. The molecule has 3 atom stereocenters. The Balaban J connectivity index is 2.63. The molecule has 88 valence electrons. The SMILES string of the molecule is CCC(NC1CS(=O)(=O)CC1O)C(=O)O. The average Bonchev–Trinajstić information content (AvgIpc) is 2.34. The van der Waals surface area contributed by atoms with Crippen LogP contribution in [-0.2, 0) is 14.6 Å². The second kappa shape index (κ2) is 4.46. The minimum Gasteiger partial charge on any atom is -0.480 e. The Morgan fingerprint density at radius 1 is 1.53 bits per heavy atom. The van der Waals surface area contributed by atoms with Gasteiger partial charge in [0, 0.05) is 6.04 Å². The average molecular weight is 237 g/mol. The van der Waals surface area contributed by atoms with E-state index in [0.29, 0.717) is 6.42 Å². The van der Waals surface area contributed by atoms with Crippen LogP contribution in [-0.4, -0.2) is 54.3 Å². The van der Waals surface area contributed by atoms with Crippen LogP contribution in [0.2, 0.25) is 0 Å². The summed E-state index contributed by atoms with van der Waals surface area (Å²) in [7, 11) is -3.23. The molecule has 3 unspecified atom stereocenters. The van der Waals surface area contributed by atoms with E-state index in [4.69, 9.17) is 5.11 Å². The number of aliphatic hydroxyl groups excluding tert-OH is 1. The first-order valence-corrected chi connectivity index (χ1v) is 6.55. The van der Waals surface area contributed by atoms with Crippen molar-refractivity contribution < 1.29 is 23.4 Å². The Hall–Kier alpha value is -0.660. The summed E-state index contributed by atoms with van der Waals surface area (Å²) in [6.45, 7) is 1.68. The van der Waals surface area contributed by atoms with Crippen molar-refractivity contribution in [2.75, 3.05) is 11.5 Å². The molecule has 0 spiro atoms. The van der Waals surface area contributed by atoms with Gasteiger partial charge in [-0.2, -0.15) is 0 Å². The summed E-state index contributed by atoms with van der Waals surface area (Å²) in [4.78, 5) is 10.7. The number of hydrogen-bond acceptors (Lipinski definition) is 5. The largest absolute Gasteiger partial charge is 0.480 e. The number of hydrogen-bond donors (Lipinski definition) is 3. The molecule has 0 aromatic rings. The first-order valence-electron chi connectivity index (χ1n) is 4.73. The maximum atomic E-state index is 11.1. The van der Waals surface area contributed by atoms with Gasteiger partial charge >= 0.3 is 5.97 Å². The van der Waals surface area contributed by atoms with Gasteiger partial charge in [0.25, 0.3) is 0 Å². The maximum absolute atomic E-state index is 11.1. The van der Waals surface area contributed by atoms with Gasteiger partial charge in [-0.1, -0.05) is 6.92 Å². The van der Waals surface area contributed by atoms with Crippen LogP contribution in [0.1, 0.15) is 13.3 Å². The van der Waals surface area contributed by atoms with Crippen molar-refractivity contribution in [1.29, 1.82) is 0 Å². The van der Waals surface area contributed by atoms with E-state index in [0.717, 1.165) is 0 Å². The Morgan fingerprint density at radius 3 is 2.47 bits per heavy atom. The topological polar surface area (TPSA) is 104 Å². The van der Waals surface area contributed by atoms with Crippen molar-refractivity contribution in [3.63, 3.8) is 0 Å². The van der Waals surface area contributed by atoms with Crippen LogP contribution in [0.5, 0.6) is 0 Å². The van der Waals surface area contributed by atoms with Crippen LogP contribution in [0.4, 0.5) is 0 Å². The molecule has 0 aromatic carbocycles. The molecular weight excluding hydrogens is 222 g/mol. The second-order valence-electron chi connectivity index (χ2n) is 3.72. The first kappa shape index (κ1) is 12.4. The van der Waals surface area contributed by atoms with E-state index in [1.165, 1.54) is 0 Å². The third kappa shape index (κ3) is 3.15. The second-order valence-corrected chi connectivity index (χ2v) is 5.87. The van der Waals surface area contributed by atoms with Gasteiger partial charge in [0.2, 0.25) is 0 Å². The fourth-order valence-corrected chi connectivity index (χ4v) is 3.36. The number of carbonyl (C=O) groups is 1. The monoisotopic (exact) mass is 237 g/mol. The fourth-order valence-electron chi connectivity index (χ4n) is 1.61. The number of aliphatic hydroxyl groups is 1. The minimum atomic E-state index is -3.23. The molecule has 0 bridgehead atoms. The lowest BCUT2D eigenvalue weighted by molar-refractivity contribution is -0.139. The molecule has 7 heteroatoms. The minimum absolute atomic E-state index is 0.196. The van der Waals surface area contributed by atoms with E-state index in [2.05, 4.69) is 5.32 Å². The molecule has 1 heterocycles. The quantitative estimate of drug-likeness (QED) is 0.555. The highest BCUT2D eigenvalue weighted by atomic mass is 32.2. The third-order valence-electron chi connectivity index (χ3n) is 2.44. The standard InChI is InChI=1S/C8H15NO5S/c1-2-5(8(11)12)9-6-3-15(13,14)4-7(6)10/h5-7,9-10H,2-4H2,1H3,(H,11,12). The molecule has 1 aliphatic rings. The highest BCUT2D eigenvalue weighted by Gasteiger charge is 2.38. The molecule has 0 amide bonds. The lowest BCUT2D eigenvalue weighted by atomic mass is 10.1. The molecule has 0 aliphatic carbocycles. The van der Waals surface area contributed by atoms with Crippen molar-refractivity contribution in [1.82, 2.24) is 5.32 Å². The summed E-state index contributed by atoms with van der Waals surface area (Å²) in [6.07, 6.45) is -0.665. The van der Waals surface area contributed by atoms with Crippen LogP contribution in [0.3, 0.4) is 0 Å². The van der Waals surface area contributed by atoms with E-state index < -0.39 is 34.0 Å². The van der Waals surface area contributed by atoms with Crippen molar-refractivity contribution in [2.45, 2.75) is 31.5 Å². The molecule has 1 rings (SSSR count). The van der Waals surface area contributed by atoms with Gasteiger partial charge in [-0.3, -0.25) is 10.1 Å². The zero-order valence-corrected chi connectivity index (χ0v) is 9.20. The molecule has 1 aliphatic heterocycles. The number of carboxylic acids is 1. The van der Waals surface area contributed by atoms with Gasteiger partial charge in [-0.05, 0) is 6.42 Å². The lowest BCUT2D eigenvalue weighted by Gasteiger charge is -2.19. The summed E-state index contributed by atoms with van der Waals surface area (Å²) < 4.78 is 22.3. The van der Waals surface area contributed by atoms with Gasteiger partial charge in [0.15, 0.2) is 9.84 Å². The number of carboxylic acid groups (broad SMARTS) is 1. The highest BCUT2D eigenvalue weighted by Crippen LogP contribution is 2.13. The predicted molar refractivity (Wildman–Crippen MR) is 53.3 cm³/mol. The van der Waals surface area contributed by atoms with E-state index in [9.17, 15) is 18.3 Å². The smallest absolute Gasteiger partial charge is 0.320 e. The van der Waals surface area contributed by atoms with Crippen molar-refractivity contribution >= 4 is 15.8 Å². The summed E-state index contributed by atoms with van der Waals surface area (Å²) in [5.41, 5.74) is 0. The van der Waals surface area contributed by atoms with Gasteiger partial charge in [-0.15, -0.1) is 0 Å². The predicted octanol–water partition coefficient (Wildman–Crippen LogP) is -1.40. The van der Waals surface area contributed by atoms with Crippen LogP contribution in [0.15, 0.2) is 0 Å². The molecule has 3 N–H and O–H groups in total. The van der Waals surface area contributed by atoms with E-state index in [1.54, 1.807) is 6.92 Å². The Kier molecular flexibility index (Phi) is 3.69. The summed E-state index contributed by atoms with van der Waals surface area (Å²) in [6, 6.07) is -1.48. The Labute approximate surface area is 88.2 Å². The van der Waals surface area contributed by atoms with Crippen LogP contribution < -0.4 is 5.32 Å². The number of rotatable bonds is 4. The molecule has 0 aromatic heterocycles. The van der Waals surface area contributed by atoms with Crippen LogP contribution >= 0.6 is 0 Å². The fraction of sp³-hybridized carbons (Fsp3) is 0.875. The number of aliphatic carboxylic acids is 1. The normalized spacial score (nSPS) is 31.3. The number of sulfone groups is 1. The van der Waals surface area contributed by atoms with Crippen molar-refractivity contribution in [3.8, 4) is 0 Å². The zero-order chi connectivity index (χ0) is 11.6. The molecular formula is C8H15NO5S. The summed E-state index contributed by atoms with van der Waals surface area (Å²) in [5.74, 6) is -1.52. The molecule has 6 nitrogen and oxygen atoms in total. The van der Waals surface area contributed by atoms with Gasteiger partial charge in [0.05, 0.1) is 17.6 Å². The van der Waals surface area contributed by atoms with Gasteiger partial charge < -0.3 is 10.2 Å². The lowest BCUT2D eigenvalue weighted by Crippen LogP contribution is -2.48. The third-order valence-corrected chi connectivity index (χ3v) is 4.16. The van der Waals surface area contributed by atoms with E-state index in [-0.39, 0.29) is 11.5 Å². The van der Waals surface area contributed by atoms with E-state index >= 15 is 0 Å². The van der Waals surface area contributed by atoms with Crippen LogP contribution in [0, 0.1) is 0 Å². The van der Waals surface area contributed by atoms with E-state index in [1.807, 2.05) is 0 Å². The number of nitrogens with one attached hydrogen (secondary N) is 1. The molecule has 1 saturated heterocycles. The van der Waals surface area contributed by atoms with Gasteiger partial charge in [-0.25, -0.2) is 8.42 Å². The van der Waals surface area contributed by atoms with Gasteiger partial charge in [0.1, 0.15) is 6.04 Å². The zero-order valence-electron chi connectivity index (χ0n) is 8.38. The van der Waals surface area contributed by atoms with Crippen molar-refractivity contribution in [3.05, 3.63) is 0 Å².